The highest BCUT2D eigenvalue weighted by molar-refractivity contribution is 7.92. The zero-order valence-electron chi connectivity index (χ0n) is 17.6. The van der Waals surface area contributed by atoms with E-state index in [1.165, 1.54) is 24.3 Å². The molecule has 3 aromatic carbocycles. The third-order valence-corrected chi connectivity index (χ3v) is 6.31. The molecule has 1 heterocycles. The first-order valence-electron chi connectivity index (χ1n) is 9.77. The van der Waals surface area contributed by atoms with E-state index >= 15 is 0 Å². The summed E-state index contributed by atoms with van der Waals surface area (Å²) in [5.74, 6) is -2.77. The highest BCUT2D eigenvalue weighted by atomic mass is 32.2. The summed E-state index contributed by atoms with van der Waals surface area (Å²) >= 11 is 0. The number of benzene rings is 3. The van der Waals surface area contributed by atoms with Gasteiger partial charge in [-0.3, -0.25) is 9.52 Å². The van der Waals surface area contributed by atoms with Gasteiger partial charge in [0.15, 0.2) is 11.6 Å². The second kappa shape index (κ2) is 8.55. The van der Waals surface area contributed by atoms with Crippen molar-refractivity contribution in [1.29, 1.82) is 0 Å². The van der Waals surface area contributed by atoms with Gasteiger partial charge in [-0.15, -0.1) is 0 Å². The Kier molecular flexibility index (Phi) is 5.77. The van der Waals surface area contributed by atoms with Crippen molar-refractivity contribution in [2.24, 2.45) is 0 Å². The molecular formula is C23H18F2N4O3S. The van der Waals surface area contributed by atoms with E-state index in [2.05, 4.69) is 20.0 Å². The van der Waals surface area contributed by atoms with Gasteiger partial charge >= 0.3 is 0 Å². The largest absolute Gasteiger partial charge is 0.322 e. The van der Waals surface area contributed by atoms with Crippen LogP contribution >= 0.6 is 0 Å². The van der Waals surface area contributed by atoms with Gasteiger partial charge < -0.3 is 5.32 Å². The average Bonchev–Trinajstić information content (AvgIpc) is 2.77. The fraction of sp³-hybridized carbons (Fsp3) is 0.0870. The maximum Gasteiger partial charge on any atom is 0.261 e. The molecule has 0 saturated carbocycles. The molecule has 7 nitrogen and oxygen atoms in total. The number of carbonyl (C=O) groups is 1. The number of carbonyl (C=O) groups excluding carboxylic acids is 1. The number of halogens is 2. The molecule has 0 bridgehead atoms. The predicted octanol–water partition coefficient (Wildman–Crippen LogP) is 4.58. The van der Waals surface area contributed by atoms with Crippen molar-refractivity contribution in [2.75, 3.05) is 10.0 Å². The van der Waals surface area contributed by atoms with Gasteiger partial charge in [0.05, 0.1) is 27.3 Å². The number of sulfonamides is 1. The highest BCUT2D eigenvalue weighted by Crippen LogP contribution is 2.21. The molecule has 0 saturated heterocycles. The zero-order valence-corrected chi connectivity index (χ0v) is 18.4. The summed E-state index contributed by atoms with van der Waals surface area (Å²) in [4.78, 5) is 21.1. The van der Waals surface area contributed by atoms with Crippen molar-refractivity contribution in [3.05, 3.63) is 89.2 Å². The number of rotatable bonds is 5. The molecule has 0 unspecified atom stereocenters. The van der Waals surface area contributed by atoms with Crippen molar-refractivity contribution in [3.8, 4) is 0 Å². The quantitative estimate of drug-likeness (QED) is 0.447. The number of fused-ring (bicyclic) bond motifs is 1. The van der Waals surface area contributed by atoms with Crippen molar-refractivity contribution in [3.63, 3.8) is 0 Å². The van der Waals surface area contributed by atoms with Gasteiger partial charge in [0.25, 0.3) is 15.9 Å². The lowest BCUT2D eigenvalue weighted by atomic mass is 10.1. The second-order valence-electron chi connectivity index (χ2n) is 7.31. The Bertz CT molecular complexity index is 1490. The Hall–Kier alpha value is -3.92. The molecule has 0 atom stereocenters. The van der Waals surface area contributed by atoms with Gasteiger partial charge in [0, 0.05) is 16.9 Å². The van der Waals surface area contributed by atoms with Crippen LogP contribution in [0.25, 0.3) is 11.0 Å². The lowest BCUT2D eigenvalue weighted by Gasteiger charge is -2.10. The van der Waals surface area contributed by atoms with Crippen LogP contribution < -0.4 is 10.0 Å². The number of nitrogens with zero attached hydrogens (tertiary/aromatic N) is 2. The number of hydrogen-bond donors (Lipinski definition) is 2. The number of hydrogen-bond acceptors (Lipinski definition) is 5. The first kappa shape index (κ1) is 22.3. The maximum absolute atomic E-state index is 13.4. The monoisotopic (exact) mass is 468 g/mol. The van der Waals surface area contributed by atoms with E-state index < -0.39 is 26.6 Å². The van der Waals surface area contributed by atoms with Crippen LogP contribution in [0.3, 0.4) is 0 Å². The number of nitrogens with one attached hydrogen (secondary N) is 2. The van der Waals surface area contributed by atoms with E-state index in [9.17, 15) is 22.0 Å². The van der Waals surface area contributed by atoms with Crippen LogP contribution in [-0.2, 0) is 10.0 Å². The van der Waals surface area contributed by atoms with Crippen molar-refractivity contribution in [2.45, 2.75) is 18.7 Å². The van der Waals surface area contributed by atoms with Crippen molar-refractivity contribution < 1.29 is 22.0 Å². The van der Waals surface area contributed by atoms with E-state index in [-0.39, 0.29) is 11.6 Å². The van der Waals surface area contributed by atoms with Gasteiger partial charge in [-0.25, -0.2) is 27.2 Å². The summed E-state index contributed by atoms with van der Waals surface area (Å²) in [5, 5.41) is 2.73. The molecule has 0 aliphatic carbocycles. The summed E-state index contributed by atoms with van der Waals surface area (Å²) in [7, 11) is -4.12. The maximum atomic E-state index is 13.4. The van der Waals surface area contributed by atoms with Gasteiger partial charge in [-0.1, -0.05) is 0 Å². The molecule has 10 heteroatoms. The molecule has 0 aliphatic heterocycles. The van der Waals surface area contributed by atoms with Crippen molar-refractivity contribution >= 4 is 38.3 Å². The van der Waals surface area contributed by atoms with Gasteiger partial charge in [0.1, 0.15) is 0 Å². The Morgan fingerprint density at radius 2 is 1.42 bits per heavy atom. The van der Waals surface area contributed by atoms with Gasteiger partial charge in [-0.05, 0) is 74.5 Å². The average molecular weight is 468 g/mol. The van der Waals surface area contributed by atoms with Crippen LogP contribution in [0.2, 0.25) is 0 Å². The standard InChI is InChI=1S/C23H18F2N4O3S/c1-13-14(2)27-22-11-15(3-10-21(22)26-13)23(30)28-16-4-6-17(7-5-16)29-33(31,32)18-8-9-19(24)20(25)12-18/h3-12,29H,1-2H3,(H,28,30). The smallest absolute Gasteiger partial charge is 0.261 e. The molecule has 168 valence electrons. The number of amides is 1. The Morgan fingerprint density at radius 3 is 2.09 bits per heavy atom. The summed E-state index contributed by atoms with van der Waals surface area (Å²) in [6.07, 6.45) is 0. The summed E-state index contributed by atoms with van der Waals surface area (Å²) in [5.41, 5.74) is 3.90. The third-order valence-electron chi connectivity index (χ3n) is 4.93. The van der Waals surface area contributed by atoms with Crippen LogP contribution in [0.5, 0.6) is 0 Å². The molecule has 1 amide bonds. The number of anilines is 2. The molecule has 2 N–H and O–H groups in total. The number of aromatic nitrogens is 2. The van der Waals surface area contributed by atoms with Crippen LogP contribution in [0.1, 0.15) is 21.7 Å². The van der Waals surface area contributed by atoms with Gasteiger partial charge in [0.2, 0.25) is 0 Å². The molecule has 0 radical (unpaired) electrons. The van der Waals surface area contributed by atoms with Crippen LogP contribution in [0.15, 0.2) is 65.6 Å². The number of aryl methyl sites for hydroxylation is 2. The van der Waals surface area contributed by atoms with E-state index in [1.54, 1.807) is 18.2 Å². The summed E-state index contributed by atoms with van der Waals surface area (Å²) in [6.45, 7) is 3.71. The minimum absolute atomic E-state index is 0.185. The molecule has 33 heavy (non-hydrogen) atoms. The third kappa shape index (κ3) is 4.80. The molecule has 4 rings (SSSR count). The predicted molar refractivity (Wildman–Crippen MR) is 121 cm³/mol. The first-order chi connectivity index (χ1) is 15.6. The van der Waals surface area contributed by atoms with Crippen molar-refractivity contribution in [1.82, 2.24) is 9.97 Å². The molecule has 0 fully saturated rings. The Labute approximate surface area is 188 Å². The zero-order chi connectivity index (χ0) is 23.8. The summed E-state index contributed by atoms with van der Waals surface area (Å²) < 4.78 is 53.5. The molecular weight excluding hydrogens is 450 g/mol. The van der Waals surface area contributed by atoms with Crippen LogP contribution in [0, 0.1) is 25.5 Å². The minimum atomic E-state index is -4.12. The fourth-order valence-corrected chi connectivity index (χ4v) is 4.12. The van der Waals surface area contributed by atoms with Crippen LogP contribution in [0.4, 0.5) is 20.2 Å². The van der Waals surface area contributed by atoms with E-state index in [1.807, 2.05) is 13.8 Å². The first-order valence-corrected chi connectivity index (χ1v) is 11.2. The fourth-order valence-electron chi connectivity index (χ4n) is 3.05. The van der Waals surface area contributed by atoms with E-state index in [4.69, 9.17) is 0 Å². The Balaban J connectivity index is 1.48. The molecule has 1 aromatic heterocycles. The van der Waals surface area contributed by atoms with Gasteiger partial charge in [-0.2, -0.15) is 0 Å². The van der Waals surface area contributed by atoms with E-state index in [0.29, 0.717) is 28.4 Å². The SMILES string of the molecule is Cc1nc2ccc(C(=O)Nc3ccc(NS(=O)(=O)c4ccc(F)c(F)c4)cc3)cc2nc1C. The molecule has 0 spiro atoms. The second-order valence-corrected chi connectivity index (χ2v) is 8.99. The van der Waals surface area contributed by atoms with Crippen LogP contribution in [-0.4, -0.2) is 24.3 Å². The topological polar surface area (TPSA) is 101 Å². The molecule has 0 aliphatic rings. The summed E-state index contributed by atoms with van der Waals surface area (Å²) in [6, 6.07) is 13.2. The lowest BCUT2D eigenvalue weighted by molar-refractivity contribution is 0.102. The van der Waals surface area contributed by atoms with E-state index in [0.717, 1.165) is 23.5 Å². The minimum Gasteiger partial charge on any atom is -0.322 e. The molecule has 4 aromatic rings. The normalized spacial score (nSPS) is 11.4. The highest BCUT2D eigenvalue weighted by Gasteiger charge is 2.17. The Morgan fingerprint density at radius 1 is 0.788 bits per heavy atom. The lowest BCUT2D eigenvalue weighted by Crippen LogP contribution is -2.14.